The lowest BCUT2D eigenvalue weighted by molar-refractivity contribution is 1.12. The van der Waals surface area contributed by atoms with Gasteiger partial charge in [0.2, 0.25) is 0 Å². The van der Waals surface area contributed by atoms with Gasteiger partial charge in [0, 0.05) is 11.4 Å². The molecule has 0 saturated carbocycles. The molecule has 0 spiro atoms. The average molecular weight is 247 g/mol. The molecule has 0 bridgehead atoms. The number of anilines is 2. The third kappa shape index (κ3) is 2.61. The summed E-state index contributed by atoms with van der Waals surface area (Å²) >= 11 is 0. The predicted molar refractivity (Wildman–Crippen MR) is 78.2 cm³/mol. The lowest BCUT2D eigenvalue weighted by atomic mass is 10.2. The van der Waals surface area contributed by atoms with Crippen LogP contribution in [-0.2, 0) is 0 Å². The van der Waals surface area contributed by atoms with E-state index in [0.717, 1.165) is 0 Å². The van der Waals surface area contributed by atoms with E-state index < -0.39 is 0 Å². The van der Waals surface area contributed by atoms with Gasteiger partial charge in [0.15, 0.2) is 0 Å². The highest BCUT2D eigenvalue weighted by molar-refractivity contribution is 7.38. The Hall–Kier alpha value is -0.900. The fourth-order valence-corrected chi connectivity index (χ4v) is 2.36. The predicted octanol–water partition coefficient (Wildman–Crippen LogP) is 3.86. The Bertz CT molecular complexity index is 389. The number of para-hydroxylation sites is 2. The van der Waals surface area contributed by atoms with Gasteiger partial charge in [-0.2, -0.15) is 0 Å². The van der Waals surface area contributed by atoms with Crippen molar-refractivity contribution >= 4 is 29.9 Å². The molecule has 1 nitrogen and oxygen atoms in total. The summed E-state index contributed by atoms with van der Waals surface area (Å²) < 4.78 is 0. The van der Waals surface area contributed by atoms with Gasteiger partial charge in [-0.05, 0) is 24.3 Å². The number of nitrogens with zero attached hydrogens (tertiary/aromatic N) is 1. The molecule has 2 unspecified atom stereocenters. The molecule has 2 aromatic rings. The summed E-state index contributed by atoms with van der Waals surface area (Å²) in [5.74, 6) is 0. The van der Waals surface area contributed by atoms with Gasteiger partial charge in [-0.25, -0.2) is 0 Å². The van der Waals surface area contributed by atoms with Gasteiger partial charge in [0.25, 0.3) is 0 Å². The van der Waals surface area contributed by atoms with Crippen LogP contribution < -0.4 is 4.90 Å². The maximum Gasteiger partial charge on any atom is 0.0615 e. The third-order valence-corrected chi connectivity index (χ3v) is 2.96. The van der Waals surface area contributed by atoms with Gasteiger partial charge < -0.3 is 4.90 Å². The molecule has 2 atom stereocenters. The topological polar surface area (TPSA) is 3.24 Å². The molecule has 0 fully saturated rings. The molecule has 2 rings (SSSR count). The molecule has 0 aromatic heterocycles. The Balaban J connectivity index is 2.40. The SMILES string of the molecule is PC(P)N(c1ccccc1)c1ccccc1. The molecule has 0 aliphatic carbocycles. The smallest absolute Gasteiger partial charge is 0.0615 e. The second-order valence-electron chi connectivity index (χ2n) is 3.53. The van der Waals surface area contributed by atoms with Gasteiger partial charge >= 0.3 is 0 Å². The molecule has 0 heterocycles. The van der Waals surface area contributed by atoms with Crippen molar-refractivity contribution in [2.24, 2.45) is 0 Å². The summed E-state index contributed by atoms with van der Waals surface area (Å²) in [4.78, 5) is 2.26. The molecule has 0 aliphatic rings. The Labute approximate surface area is 101 Å². The van der Waals surface area contributed by atoms with Crippen molar-refractivity contribution in [3.05, 3.63) is 60.7 Å². The van der Waals surface area contributed by atoms with E-state index in [-0.39, 0.29) is 5.52 Å². The minimum Gasteiger partial charge on any atom is -0.331 e. The highest BCUT2D eigenvalue weighted by atomic mass is 31.1. The van der Waals surface area contributed by atoms with Gasteiger partial charge in [-0.3, -0.25) is 0 Å². The van der Waals surface area contributed by atoms with Gasteiger partial charge in [-0.1, -0.05) is 36.4 Å². The monoisotopic (exact) mass is 247 g/mol. The van der Waals surface area contributed by atoms with Crippen molar-refractivity contribution in [2.45, 2.75) is 5.52 Å². The van der Waals surface area contributed by atoms with E-state index >= 15 is 0 Å². The number of hydrogen-bond donors (Lipinski definition) is 0. The molecule has 16 heavy (non-hydrogen) atoms. The summed E-state index contributed by atoms with van der Waals surface area (Å²) in [7, 11) is 5.62. The zero-order valence-electron chi connectivity index (χ0n) is 8.95. The molecular formula is C13H15NP2. The zero-order valence-corrected chi connectivity index (χ0v) is 11.3. The summed E-state index contributed by atoms with van der Waals surface area (Å²) in [6.07, 6.45) is 0. The van der Waals surface area contributed by atoms with Crippen molar-refractivity contribution in [3.63, 3.8) is 0 Å². The van der Waals surface area contributed by atoms with E-state index in [9.17, 15) is 0 Å². The van der Waals surface area contributed by atoms with Crippen molar-refractivity contribution in [1.29, 1.82) is 0 Å². The van der Waals surface area contributed by atoms with Gasteiger partial charge in [0.1, 0.15) is 0 Å². The fraction of sp³-hybridized carbons (Fsp3) is 0.0769. The first-order valence-corrected chi connectivity index (χ1v) is 6.53. The summed E-state index contributed by atoms with van der Waals surface area (Å²) in [6.45, 7) is 0. The van der Waals surface area contributed by atoms with Crippen LogP contribution >= 0.6 is 18.5 Å². The van der Waals surface area contributed by atoms with Crippen LogP contribution in [0.25, 0.3) is 0 Å². The van der Waals surface area contributed by atoms with Crippen LogP contribution in [0.4, 0.5) is 11.4 Å². The van der Waals surface area contributed by atoms with Crippen LogP contribution in [0.2, 0.25) is 0 Å². The molecule has 0 N–H and O–H groups in total. The minimum atomic E-state index is 0.282. The van der Waals surface area contributed by atoms with Crippen LogP contribution in [0.5, 0.6) is 0 Å². The fourth-order valence-electron chi connectivity index (χ4n) is 1.67. The van der Waals surface area contributed by atoms with Crippen molar-refractivity contribution in [1.82, 2.24) is 0 Å². The third-order valence-electron chi connectivity index (χ3n) is 2.37. The highest BCUT2D eigenvalue weighted by Gasteiger charge is 2.11. The van der Waals surface area contributed by atoms with Gasteiger partial charge in [-0.15, -0.1) is 18.5 Å². The van der Waals surface area contributed by atoms with Crippen molar-refractivity contribution < 1.29 is 0 Å². The second kappa shape index (κ2) is 5.43. The van der Waals surface area contributed by atoms with Crippen LogP contribution in [0.3, 0.4) is 0 Å². The maximum atomic E-state index is 2.81. The lowest BCUT2D eigenvalue weighted by Gasteiger charge is -2.28. The Morgan fingerprint density at radius 3 is 1.38 bits per heavy atom. The lowest BCUT2D eigenvalue weighted by Crippen LogP contribution is -2.20. The Kier molecular flexibility index (Phi) is 3.93. The summed E-state index contributed by atoms with van der Waals surface area (Å²) in [5.41, 5.74) is 2.68. The standard InChI is InChI=1S/C13H15NP2/c15-13(16)14(11-7-3-1-4-8-11)12-9-5-2-6-10-12/h1-10,13H,15-16H2. The van der Waals surface area contributed by atoms with E-state index in [0.29, 0.717) is 0 Å². The highest BCUT2D eigenvalue weighted by Crippen LogP contribution is 2.32. The second-order valence-corrected chi connectivity index (χ2v) is 5.67. The van der Waals surface area contributed by atoms with E-state index in [4.69, 9.17) is 0 Å². The normalized spacial score (nSPS) is 10.4. The number of benzene rings is 2. The average Bonchev–Trinajstić information content (AvgIpc) is 2.31. The minimum absolute atomic E-state index is 0.282. The summed E-state index contributed by atoms with van der Waals surface area (Å²) in [5, 5.41) is 0. The Morgan fingerprint density at radius 2 is 1.06 bits per heavy atom. The molecule has 3 heteroatoms. The van der Waals surface area contributed by atoms with E-state index in [2.05, 4.69) is 71.9 Å². The van der Waals surface area contributed by atoms with E-state index in [1.165, 1.54) is 11.4 Å². The molecule has 0 radical (unpaired) electrons. The largest absolute Gasteiger partial charge is 0.331 e. The van der Waals surface area contributed by atoms with E-state index in [1.54, 1.807) is 0 Å². The Morgan fingerprint density at radius 1 is 0.688 bits per heavy atom. The number of rotatable bonds is 3. The van der Waals surface area contributed by atoms with Crippen LogP contribution in [-0.4, -0.2) is 5.52 Å². The molecule has 82 valence electrons. The molecular weight excluding hydrogens is 232 g/mol. The molecule has 2 aromatic carbocycles. The number of hydrogen-bond acceptors (Lipinski definition) is 1. The van der Waals surface area contributed by atoms with E-state index in [1.807, 2.05) is 12.1 Å². The van der Waals surface area contributed by atoms with Crippen LogP contribution in [0, 0.1) is 0 Å². The van der Waals surface area contributed by atoms with Crippen molar-refractivity contribution in [3.8, 4) is 0 Å². The quantitative estimate of drug-likeness (QED) is 0.744. The first-order chi connectivity index (χ1) is 7.79. The molecule has 0 amide bonds. The van der Waals surface area contributed by atoms with Gasteiger partial charge in [0.05, 0.1) is 5.52 Å². The first kappa shape index (κ1) is 11.6. The van der Waals surface area contributed by atoms with Crippen LogP contribution in [0.1, 0.15) is 0 Å². The molecule has 0 saturated heterocycles. The summed E-state index contributed by atoms with van der Waals surface area (Å²) in [6, 6.07) is 20.8. The van der Waals surface area contributed by atoms with Crippen LogP contribution in [0.15, 0.2) is 60.7 Å². The first-order valence-electron chi connectivity index (χ1n) is 5.19. The zero-order chi connectivity index (χ0) is 11.4. The maximum absolute atomic E-state index is 2.81. The van der Waals surface area contributed by atoms with Crippen molar-refractivity contribution in [2.75, 3.05) is 4.90 Å². The molecule has 0 aliphatic heterocycles.